The third-order valence-corrected chi connectivity index (χ3v) is 4.16. The van der Waals surface area contributed by atoms with E-state index < -0.39 is 0 Å². The Hall–Kier alpha value is -1.06. The summed E-state index contributed by atoms with van der Waals surface area (Å²) in [6.07, 6.45) is 2.17. The number of hydrogen-bond acceptors (Lipinski definition) is 3. The van der Waals surface area contributed by atoms with Crippen molar-refractivity contribution < 1.29 is 4.74 Å². The van der Waals surface area contributed by atoms with E-state index in [2.05, 4.69) is 36.9 Å². The second-order valence-electron chi connectivity index (χ2n) is 6.13. The number of fused-ring (bicyclic) bond motifs is 1. The minimum absolute atomic E-state index is 0.0472. The quantitative estimate of drug-likeness (QED) is 0.886. The lowest BCUT2D eigenvalue weighted by molar-refractivity contribution is 0.0173. The largest absolute Gasteiger partial charge is 0.379 e. The van der Waals surface area contributed by atoms with Gasteiger partial charge in [-0.2, -0.15) is 0 Å². The van der Waals surface area contributed by atoms with Gasteiger partial charge in [0.05, 0.1) is 5.60 Å². The Morgan fingerprint density at radius 2 is 2.16 bits per heavy atom. The van der Waals surface area contributed by atoms with Gasteiger partial charge in [-0.15, -0.1) is 0 Å². The second-order valence-corrected chi connectivity index (χ2v) is 6.13. The Labute approximate surface area is 116 Å². The number of benzene rings is 1. The van der Waals surface area contributed by atoms with Crippen LogP contribution in [0.25, 0.3) is 0 Å². The summed E-state index contributed by atoms with van der Waals surface area (Å²) in [6.45, 7) is 8.48. The molecule has 0 spiro atoms. The van der Waals surface area contributed by atoms with Gasteiger partial charge in [-0.3, -0.25) is 0 Å². The van der Waals surface area contributed by atoms with Crippen molar-refractivity contribution in [1.29, 1.82) is 0 Å². The molecule has 1 unspecified atom stereocenters. The molecule has 19 heavy (non-hydrogen) atoms. The Morgan fingerprint density at radius 1 is 1.42 bits per heavy atom. The van der Waals surface area contributed by atoms with Crippen LogP contribution in [-0.4, -0.2) is 25.8 Å². The number of ether oxygens (including phenoxy) is 1. The molecule has 1 aliphatic heterocycles. The van der Waals surface area contributed by atoms with Crippen LogP contribution < -0.4 is 10.6 Å². The van der Waals surface area contributed by atoms with Gasteiger partial charge in [0.15, 0.2) is 0 Å². The second kappa shape index (κ2) is 5.51. The smallest absolute Gasteiger partial charge is 0.0639 e. The van der Waals surface area contributed by atoms with Crippen molar-refractivity contribution in [3.63, 3.8) is 0 Å². The van der Waals surface area contributed by atoms with E-state index in [0.29, 0.717) is 0 Å². The summed E-state index contributed by atoms with van der Waals surface area (Å²) in [5, 5.41) is 0. The van der Waals surface area contributed by atoms with Gasteiger partial charge in [0.2, 0.25) is 0 Å². The highest BCUT2D eigenvalue weighted by atomic mass is 16.5. The van der Waals surface area contributed by atoms with Crippen LogP contribution in [0.1, 0.15) is 44.4 Å². The van der Waals surface area contributed by atoms with Crippen molar-refractivity contribution >= 4 is 5.69 Å². The van der Waals surface area contributed by atoms with Crippen LogP contribution in [0, 0.1) is 0 Å². The highest BCUT2D eigenvalue weighted by molar-refractivity contribution is 5.59. The molecule has 2 N–H and O–H groups in total. The average Bonchev–Trinajstić information content (AvgIpc) is 2.78. The molecule has 1 heterocycles. The van der Waals surface area contributed by atoms with Crippen LogP contribution in [0.15, 0.2) is 18.2 Å². The summed E-state index contributed by atoms with van der Waals surface area (Å²) in [6, 6.07) is 6.76. The lowest BCUT2D eigenvalue weighted by atomic mass is 10.0. The lowest BCUT2D eigenvalue weighted by Gasteiger charge is -2.27. The normalized spacial score (nSPS) is 16.6. The first kappa shape index (κ1) is 14.4. The third kappa shape index (κ3) is 3.28. The molecule has 0 saturated carbocycles. The highest BCUT2D eigenvalue weighted by Gasteiger charge is 2.23. The molecule has 1 atom stereocenters. The highest BCUT2D eigenvalue weighted by Crippen LogP contribution is 2.31. The number of hydrogen-bond donors (Lipinski definition) is 1. The maximum absolute atomic E-state index is 5.95. The van der Waals surface area contributed by atoms with Crippen LogP contribution in [0.2, 0.25) is 0 Å². The summed E-state index contributed by atoms with van der Waals surface area (Å²) in [5.41, 5.74) is 9.94. The minimum atomic E-state index is -0.0472. The van der Waals surface area contributed by atoms with Crippen molar-refractivity contribution in [2.45, 2.75) is 45.3 Å². The lowest BCUT2D eigenvalue weighted by Crippen LogP contribution is -2.31. The van der Waals surface area contributed by atoms with Gasteiger partial charge in [-0.1, -0.05) is 12.1 Å². The molecule has 1 aromatic carbocycles. The molecular weight excluding hydrogens is 236 g/mol. The number of methoxy groups -OCH3 is 1. The summed E-state index contributed by atoms with van der Waals surface area (Å²) in [5.74, 6) is 0. The Bertz CT molecular complexity index is 440. The Kier molecular flexibility index (Phi) is 4.16. The van der Waals surface area contributed by atoms with Crippen LogP contribution in [-0.2, 0) is 11.2 Å². The molecule has 0 amide bonds. The monoisotopic (exact) mass is 262 g/mol. The minimum Gasteiger partial charge on any atom is -0.379 e. The van der Waals surface area contributed by atoms with Gasteiger partial charge in [0, 0.05) is 31.9 Å². The first-order valence-corrected chi connectivity index (χ1v) is 7.11. The zero-order chi connectivity index (χ0) is 14.0. The molecule has 0 saturated heterocycles. The van der Waals surface area contributed by atoms with E-state index in [-0.39, 0.29) is 11.6 Å². The van der Waals surface area contributed by atoms with Crippen molar-refractivity contribution in [2.24, 2.45) is 5.73 Å². The molecule has 3 heteroatoms. The van der Waals surface area contributed by atoms with E-state index in [0.717, 1.165) is 25.9 Å². The van der Waals surface area contributed by atoms with Gasteiger partial charge < -0.3 is 15.4 Å². The van der Waals surface area contributed by atoms with Crippen LogP contribution >= 0.6 is 0 Å². The number of rotatable bonds is 5. The molecular formula is C16H26N2O. The number of nitrogens with two attached hydrogens (primary N) is 1. The first-order valence-electron chi connectivity index (χ1n) is 7.11. The van der Waals surface area contributed by atoms with Crippen molar-refractivity contribution in [3.05, 3.63) is 29.3 Å². The van der Waals surface area contributed by atoms with Crippen molar-refractivity contribution in [2.75, 3.05) is 25.1 Å². The molecule has 0 aromatic heterocycles. The van der Waals surface area contributed by atoms with E-state index in [1.807, 2.05) is 6.92 Å². The summed E-state index contributed by atoms with van der Waals surface area (Å²) in [4.78, 5) is 2.46. The van der Waals surface area contributed by atoms with Crippen LogP contribution in [0.3, 0.4) is 0 Å². The molecule has 106 valence electrons. The zero-order valence-corrected chi connectivity index (χ0v) is 12.6. The van der Waals surface area contributed by atoms with Crippen LogP contribution in [0.5, 0.6) is 0 Å². The van der Waals surface area contributed by atoms with E-state index >= 15 is 0 Å². The maximum atomic E-state index is 5.95. The molecule has 0 aliphatic carbocycles. The van der Waals surface area contributed by atoms with E-state index in [9.17, 15) is 0 Å². The summed E-state index contributed by atoms with van der Waals surface area (Å²) >= 11 is 0. The predicted octanol–water partition coefficient (Wildman–Crippen LogP) is 2.88. The molecule has 0 bridgehead atoms. The number of anilines is 1. The van der Waals surface area contributed by atoms with Crippen molar-refractivity contribution in [1.82, 2.24) is 0 Å². The van der Waals surface area contributed by atoms with E-state index in [1.165, 1.54) is 16.8 Å². The molecule has 1 aliphatic rings. The molecule has 1 aromatic rings. The standard InChI is InChI=1S/C16H26N2O/c1-12(17)13-5-6-15-14(11-13)7-9-18(15)10-8-16(2,3)19-4/h5-6,11-12H,7-10,17H2,1-4H3. The third-order valence-electron chi connectivity index (χ3n) is 4.16. The van der Waals surface area contributed by atoms with Crippen LogP contribution in [0.4, 0.5) is 5.69 Å². The zero-order valence-electron chi connectivity index (χ0n) is 12.6. The first-order chi connectivity index (χ1) is 8.93. The predicted molar refractivity (Wildman–Crippen MR) is 80.7 cm³/mol. The Morgan fingerprint density at radius 3 is 2.79 bits per heavy atom. The average molecular weight is 262 g/mol. The van der Waals surface area contributed by atoms with E-state index in [1.54, 1.807) is 7.11 Å². The van der Waals surface area contributed by atoms with Gasteiger partial charge >= 0.3 is 0 Å². The van der Waals surface area contributed by atoms with E-state index in [4.69, 9.17) is 10.5 Å². The fourth-order valence-electron chi connectivity index (χ4n) is 2.51. The fraction of sp³-hybridized carbons (Fsp3) is 0.625. The molecule has 2 rings (SSSR count). The fourth-order valence-corrected chi connectivity index (χ4v) is 2.51. The SMILES string of the molecule is COC(C)(C)CCN1CCc2cc(C(C)N)ccc21. The summed E-state index contributed by atoms with van der Waals surface area (Å²) < 4.78 is 5.49. The van der Waals surface area contributed by atoms with Gasteiger partial charge in [-0.05, 0) is 50.8 Å². The maximum Gasteiger partial charge on any atom is 0.0639 e. The summed E-state index contributed by atoms with van der Waals surface area (Å²) in [7, 11) is 1.78. The van der Waals surface area contributed by atoms with Gasteiger partial charge in [-0.25, -0.2) is 0 Å². The molecule has 3 nitrogen and oxygen atoms in total. The van der Waals surface area contributed by atoms with Gasteiger partial charge in [0.1, 0.15) is 0 Å². The molecule has 0 radical (unpaired) electrons. The Balaban J connectivity index is 2.06. The van der Waals surface area contributed by atoms with Gasteiger partial charge in [0.25, 0.3) is 0 Å². The molecule has 0 fully saturated rings. The topological polar surface area (TPSA) is 38.5 Å². The number of nitrogens with zero attached hydrogens (tertiary/aromatic N) is 1. The van der Waals surface area contributed by atoms with Crippen molar-refractivity contribution in [3.8, 4) is 0 Å².